The van der Waals surface area contributed by atoms with Gasteiger partial charge in [-0.25, -0.2) is 0 Å². The fourth-order valence-corrected chi connectivity index (χ4v) is 6.93. The molecule has 2 aromatic rings. The van der Waals surface area contributed by atoms with Crippen LogP contribution in [0.5, 0.6) is 0 Å². The third-order valence-corrected chi connectivity index (χ3v) is 8.08. The molecule has 1 unspecified atom stereocenters. The van der Waals surface area contributed by atoms with Crippen molar-refractivity contribution in [1.29, 1.82) is 0 Å². The second-order valence-electron chi connectivity index (χ2n) is 8.36. The van der Waals surface area contributed by atoms with Crippen molar-refractivity contribution < 1.29 is 4.74 Å². The summed E-state index contributed by atoms with van der Waals surface area (Å²) in [6, 6.07) is 2.47. The summed E-state index contributed by atoms with van der Waals surface area (Å²) >= 11 is 5.49. The SMILES string of the molecule is C[Si](C)(C)Cn1cc(C2C[C@]3(CCN2)OCCc2cc(Br)sc23)nn1. The molecule has 0 saturated carbocycles. The average molecular weight is 441 g/mol. The molecule has 2 atom stereocenters. The quantitative estimate of drug-likeness (QED) is 0.735. The second-order valence-corrected chi connectivity index (χ2v) is 16.2. The van der Waals surface area contributed by atoms with Crippen LogP contribution in [0.4, 0.5) is 0 Å². The van der Waals surface area contributed by atoms with Crippen LogP contribution in [0.1, 0.15) is 35.0 Å². The molecule has 2 aliphatic rings. The Morgan fingerprint density at radius 2 is 2.32 bits per heavy atom. The predicted molar refractivity (Wildman–Crippen MR) is 107 cm³/mol. The number of rotatable bonds is 3. The number of aromatic nitrogens is 3. The third kappa shape index (κ3) is 3.64. The zero-order chi connectivity index (χ0) is 17.7. The van der Waals surface area contributed by atoms with Gasteiger partial charge in [-0.3, -0.25) is 4.68 Å². The molecule has 1 fully saturated rings. The number of nitrogens with zero attached hydrogens (tertiary/aromatic N) is 3. The Hall–Kier alpha value is -0.543. The highest BCUT2D eigenvalue weighted by molar-refractivity contribution is 9.11. The van der Waals surface area contributed by atoms with Crippen molar-refractivity contribution in [3.8, 4) is 0 Å². The van der Waals surface area contributed by atoms with Gasteiger partial charge in [0.05, 0.1) is 30.2 Å². The van der Waals surface area contributed by atoms with Crippen LogP contribution in [-0.2, 0) is 22.9 Å². The van der Waals surface area contributed by atoms with E-state index in [2.05, 4.69) is 63.5 Å². The van der Waals surface area contributed by atoms with Gasteiger partial charge in [0.2, 0.25) is 0 Å². The molecule has 0 aromatic carbocycles. The molecule has 2 aliphatic heterocycles. The monoisotopic (exact) mass is 440 g/mol. The molecule has 2 aromatic heterocycles. The maximum atomic E-state index is 6.39. The summed E-state index contributed by atoms with van der Waals surface area (Å²) in [6.45, 7) is 8.82. The number of ether oxygens (including phenoxy) is 1. The fraction of sp³-hybridized carbons (Fsp3) is 0.647. The molecule has 25 heavy (non-hydrogen) atoms. The van der Waals surface area contributed by atoms with E-state index in [1.165, 1.54) is 14.2 Å². The van der Waals surface area contributed by atoms with E-state index in [4.69, 9.17) is 4.74 Å². The van der Waals surface area contributed by atoms with E-state index in [0.29, 0.717) is 0 Å². The summed E-state index contributed by atoms with van der Waals surface area (Å²) in [5.74, 6) is 0. The highest BCUT2D eigenvalue weighted by Gasteiger charge is 2.44. The molecule has 5 nitrogen and oxygen atoms in total. The number of hydrogen-bond donors (Lipinski definition) is 1. The summed E-state index contributed by atoms with van der Waals surface area (Å²) in [5.41, 5.74) is 2.33. The number of piperidine rings is 1. The summed E-state index contributed by atoms with van der Waals surface area (Å²) in [5, 5.41) is 12.5. The van der Waals surface area contributed by atoms with Crippen LogP contribution in [-0.4, -0.2) is 36.2 Å². The minimum Gasteiger partial charge on any atom is -0.369 e. The predicted octanol–water partition coefficient (Wildman–Crippen LogP) is 3.87. The molecule has 4 heterocycles. The molecule has 0 bridgehead atoms. The standard InChI is InChI=1S/C17H25BrN4OSSi/c1-25(2,3)11-22-10-14(20-21-22)13-9-17(5-6-19-13)16-12(4-7-23-17)8-15(18)24-16/h8,10,13,19H,4-7,9,11H2,1-3H3/t13?,17-/m0/s1. The number of hydrogen-bond acceptors (Lipinski definition) is 5. The zero-order valence-electron chi connectivity index (χ0n) is 15.0. The normalized spacial score (nSPS) is 26.8. The number of fused-ring (bicyclic) bond motifs is 2. The highest BCUT2D eigenvalue weighted by atomic mass is 79.9. The molecule has 0 aliphatic carbocycles. The van der Waals surface area contributed by atoms with Gasteiger partial charge in [-0.05, 0) is 46.9 Å². The summed E-state index contributed by atoms with van der Waals surface area (Å²) in [7, 11) is -1.21. The van der Waals surface area contributed by atoms with Crippen LogP contribution in [0, 0.1) is 0 Å². The maximum absolute atomic E-state index is 6.39. The van der Waals surface area contributed by atoms with Crippen molar-refractivity contribution in [3.63, 3.8) is 0 Å². The van der Waals surface area contributed by atoms with Crippen molar-refractivity contribution in [2.24, 2.45) is 0 Å². The summed E-state index contributed by atoms with van der Waals surface area (Å²) in [4.78, 5) is 1.41. The molecular formula is C17H25BrN4OSSi. The molecule has 1 spiro atoms. The van der Waals surface area contributed by atoms with Crippen LogP contribution in [0.3, 0.4) is 0 Å². The number of halogens is 1. The van der Waals surface area contributed by atoms with Gasteiger partial charge in [-0.2, -0.15) is 0 Å². The Bertz CT molecular complexity index is 771. The van der Waals surface area contributed by atoms with Gasteiger partial charge in [-0.15, -0.1) is 16.4 Å². The van der Waals surface area contributed by atoms with Gasteiger partial charge in [0.15, 0.2) is 0 Å². The minimum absolute atomic E-state index is 0.164. The van der Waals surface area contributed by atoms with E-state index in [9.17, 15) is 0 Å². The molecule has 1 saturated heterocycles. The van der Waals surface area contributed by atoms with Gasteiger partial charge in [0, 0.05) is 23.7 Å². The Kier molecular flexibility index (Phi) is 4.69. The first-order chi connectivity index (χ1) is 11.8. The molecule has 1 N–H and O–H groups in total. The molecule has 136 valence electrons. The van der Waals surface area contributed by atoms with Crippen LogP contribution in [0.2, 0.25) is 19.6 Å². The largest absolute Gasteiger partial charge is 0.369 e. The zero-order valence-corrected chi connectivity index (χ0v) is 18.4. The smallest absolute Gasteiger partial charge is 0.106 e. The van der Waals surface area contributed by atoms with Crippen molar-refractivity contribution >= 4 is 35.3 Å². The van der Waals surface area contributed by atoms with E-state index in [1.54, 1.807) is 0 Å². The first-order valence-corrected chi connectivity index (χ1v) is 14.2. The van der Waals surface area contributed by atoms with Crippen molar-refractivity contribution in [2.75, 3.05) is 13.2 Å². The van der Waals surface area contributed by atoms with Gasteiger partial charge in [-0.1, -0.05) is 24.9 Å². The van der Waals surface area contributed by atoms with Gasteiger partial charge >= 0.3 is 0 Å². The topological polar surface area (TPSA) is 52.0 Å². The van der Waals surface area contributed by atoms with E-state index in [-0.39, 0.29) is 11.6 Å². The van der Waals surface area contributed by atoms with E-state index >= 15 is 0 Å². The number of nitrogens with one attached hydrogen (secondary N) is 1. The average Bonchev–Trinajstić information content (AvgIpc) is 3.13. The van der Waals surface area contributed by atoms with Crippen molar-refractivity contribution in [2.45, 2.75) is 56.7 Å². The van der Waals surface area contributed by atoms with E-state index < -0.39 is 8.07 Å². The lowest BCUT2D eigenvalue weighted by Gasteiger charge is -2.43. The highest BCUT2D eigenvalue weighted by Crippen LogP contribution is 2.48. The lowest BCUT2D eigenvalue weighted by molar-refractivity contribution is -0.0871. The Morgan fingerprint density at radius 3 is 3.12 bits per heavy atom. The van der Waals surface area contributed by atoms with Gasteiger partial charge in [0.1, 0.15) is 5.60 Å². The first kappa shape index (κ1) is 17.9. The Balaban J connectivity index is 1.58. The van der Waals surface area contributed by atoms with E-state index in [0.717, 1.165) is 44.3 Å². The molecular weight excluding hydrogens is 416 g/mol. The van der Waals surface area contributed by atoms with Crippen LogP contribution in [0.25, 0.3) is 0 Å². The molecule has 0 amide bonds. The first-order valence-electron chi connectivity index (χ1n) is 8.91. The minimum atomic E-state index is -1.21. The Labute approximate surface area is 162 Å². The van der Waals surface area contributed by atoms with Crippen molar-refractivity contribution in [3.05, 3.63) is 32.2 Å². The maximum Gasteiger partial charge on any atom is 0.106 e. The second kappa shape index (κ2) is 6.56. The van der Waals surface area contributed by atoms with Crippen LogP contribution in [0.15, 0.2) is 16.0 Å². The lowest BCUT2D eigenvalue weighted by atomic mass is 9.82. The van der Waals surface area contributed by atoms with Crippen LogP contribution >= 0.6 is 27.3 Å². The Morgan fingerprint density at radius 1 is 1.48 bits per heavy atom. The van der Waals surface area contributed by atoms with Crippen LogP contribution < -0.4 is 5.32 Å². The van der Waals surface area contributed by atoms with Crippen molar-refractivity contribution in [1.82, 2.24) is 20.3 Å². The molecule has 0 radical (unpaired) electrons. The fourth-order valence-electron chi connectivity index (χ4n) is 3.92. The third-order valence-electron chi connectivity index (χ3n) is 4.95. The summed E-state index contributed by atoms with van der Waals surface area (Å²) in [6.07, 6.45) is 6.11. The van der Waals surface area contributed by atoms with Gasteiger partial charge < -0.3 is 10.1 Å². The lowest BCUT2D eigenvalue weighted by Crippen LogP contribution is -2.45. The summed E-state index contributed by atoms with van der Waals surface area (Å²) < 4.78 is 9.62. The molecule has 8 heteroatoms. The number of thiophene rings is 1. The van der Waals surface area contributed by atoms with Gasteiger partial charge in [0.25, 0.3) is 0 Å². The molecule has 4 rings (SSSR count). The van der Waals surface area contributed by atoms with E-state index in [1.807, 2.05) is 16.0 Å².